The highest BCUT2D eigenvalue weighted by molar-refractivity contribution is 6.03. The number of fused-ring (bicyclic) bond motifs is 2. The molecular formula is C23H24F2N4O5. The van der Waals surface area contributed by atoms with E-state index in [0.29, 0.717) is 31.1 Å². The monoisotopic (exact) mass is 474 g/mol. The van der Waals surface area contributed by atoms with Gasteiger partial charge in [-0.2, -0.15) is 0 Å². The van der Waals surface area contributed by atoms with E-state index in [1.54, 1.807) is 0 Å². The van der Waals surface area contributed by atoms with E-state index >= 15 is 4.39 Å². The lowest BCUT2D eigenvalue weighted by Crippen LogP contribution is -2.55. The minimum atomic E-state index is -1.65. The van der Waals surface area contributed by atoms with Gasteiger partial charge in [0.25, 0.3) is 11.9 Å². The number of amidine groups is 1. The van der Waals surface area contributed by atoms with Crippen LogP contribution >= 0.6 is 0 Å². The third-order valence-electron chi connectivity index (χ3n) is 6.33. The van der Waals surface area contributed by atoms with E-state index in [4.69, 9.17) is 24.7 Å². The van der Waals surface area contributed by atoms with Crippen LogP contribution in [0.2, 0.25) is 0 Å². The molecule has 3 aliphatic heterocycles. The van der Waals surface area contributed by atoms with Gasteiger partial charge in [-0.1, -0.05) is 0 Å². The predicted octanol–water partition coefficient (Wildman–Crippen LogP) is 2.55. The number of carbonyl (C=O) groups is 1. The van der Waals surface area contributed by atoms with Gasteiger partial charge >= 0.3 is 0 Å². The number of benzene rings is 1. The average Bonchev–Trinajstić information content (AvgIpc) is 2.84. The molecule has 3 N–H and O–H groups in total. The summed E-state index contributed by atoms with van der Waals surface area (Å²) in [6, 6.07) is 5.15. The fraction of sp³-hybridized carbons (Fsp3) is 0.435. The molecule has 4 atom stereocenters. The van der Waals surface area contributed by atoms with E-state index in [1.807, 2.05) is 6.92 Å². The fourth-order valence-electron chi connectivity index (χ4n) is 4.64. The number of hydrogen-bond donors (Lipinski definition) is 2. The van der Waals surface area contributed by atoms with E-state index in [2.05, 4.69) is 15.3 Å². The summed E-state index contributed by atoms with van der Waals surface area (Å²) < 4.78 is 52.0. The molecule has 34 heavy (non-hydrogen) atoms. The molecule has 1 aromatic heterocycles. The van der Waals surface area contributed by atoms with Crippen LogP contribution in [0.1, 0.15) is 29.4 Å². The zero-order valence-corrected chi connectivity index (χ0v) is 18.4. The second kappa shape index (κ2) is 8.71. The van der Waals surface area contributed by atoms with Crippen molar-refractivity contribution in [2.45, 2.75) is 31.1 Å². The van der Waals surface area contributed by atoms with Crippen LogP contribution in [-0.4, -0.2) is 55.6 Å². The van der Waals surface area contributed by atoms with Crippen LogP contribution in [0.5, 0.6) is 11.5 Å². The summed E-state index contributed by atoms with van der Waals surface area (Å²) in [6.45, 7) is 1.75. The summed E-state index contributed by atoms with van der Waals surface area (Å²) >= 11 is 0. The molecule has 4 heterocycles. The number of nitrogens with two attached hydrogens (primary N) is 1. The largest absolute Gasteiger partial charge is 0.486 e. The molecule has 1 amide bonds. The van der Waals surface area contributed by atoms with Crippen LogP contribution in [0, 0.1) is 11.7 Å². The average molecular weight is 474 g/mol. The Balaban J connectivity index is 1.46. The maximum atomic E-state index is 15.1. The van der Waals surface area contributed by atoms with Crippen LogP contribution in [0.3, 0.4) is 0 Å². The number of amides is 1. The number of alkyl halides is 1. The SMILES string of the molecule is C[C@@H]1C[C@H]2OC(N)=N[C@](CF)(c3cc(NC(=O)c4cc5c(cn4)OCCO5)ccc3F)[C@H]2CO1. The van der Waals surface area contributed by atoms with Crippen LogP contribution in [-0.2, 0) is 15.0 Å². The Bertz CT molecular complexity index is 1150. The van der Waals surface area contributed by atoms with Crippen molar-refractivity contribution >= 4 is 17.6 Å². The highest BCUT2D eigenvalue weighted by Crippen LogP contribution is 2.45. The first-order chi connectivity index (χ1) is 16.4. The number of nitrogens with zero attached hydrogens (tertiary/aromatic N) is 2. The third-order valence-corrected chi connectivity index (χ3v) is 6.33. The van der Waals surface area contributed by atoms with Gasteiger partial charge in [0.2, 0.25) is 0 Å². The van der Waals surface area contributed by atoms with Crippen molar-refractivity contribution in [2.24, 2.45) is 16.6 Å². The molecule has 5 rings (SSSR count). The number of aromatic nitrogens is 1. The van der Waals surface area contributed by atoms with Crippen molar-refractivity contribution < 1.29 is 32.5 Å². The Morgan fingerprint density at radius 1 is 1.26 bits per heavy atom. The van der Waals surface area contributed by atoms with Crippen molar-refractivity contribution in [1.82, 2.24) is 4.98 Å². The van der Waals surface area contributed by atoms with E-state index in [0.717, 1.165) is 6.07 Å². The molecule has 180 valence electrons. The standard InChI is InChI=1S/C23H24F2N4O5/c1-12-6-18-15(10-33-12)23(11-24,29-22(26)34-18)14-7-13(2-3-16(14)25)28-21(30)17-8-19-20(9-27-17)32-5-4-31-19/h2-3,7-9,12,15,18H,4-6,10-11H2,1H3,(H2,26,29)(H,28,30)/t12-,15+,18-,23-/m1/s1. The molecule has 2 aromatic rings. The topological polar surface area (TPSA) is 117 Å². The predicted molar refractivity (Wildman–Crippen MR) is 117 cm³/mol. The molecule has 11 heteroatoms. The third kappa shape index (κ3) is 3.89. The lowest BCUT2D eigenvalue weighted by atomic mass is 9.73. The van der Waals surface area contributed by atoms with Crippen molar-refractivity contribution in [2.75, 3.05) is 31.8 Å². The van der Waals surface area contributed by atoms with E-state index in [-0.39, 0.29) is 35.7 Å². The Hall–Kier alpha value is -3.47. The van der Waals surface area contributed by atoms with Gasteiger partial charge in [0.1, 0.15) is 43.0 Å². The van der Waals surface area contributed by atoms with Gasteiger partial charge in [-0.15, -0.1) is 0 Å². The lowest BCUT2D eigenvalue weighted by Gasteiger charge is -2.46. The number of hydrogen-bond acceptors (Lipinski definition) is 8. The number of carbonyl (C=O) groups excluding carboxylic acids is 1. The summed E-state index contributed by atoms with van der Waals surface area (Å²) in [5.74, 6) is -0.964. The van der Waals surface area contributed by atoms with Gasteiger partial charge in [-0.3, -0.25) is 4.79 Å². The van der Waals surface area contributed by atoms with Gasteiger partial charge in [0.15, 0.2) is 11.5 Å². The van der Waals surface area contributed by atoms with E-state index in [9.17, 15) is 9.18 Å². The minimum Gasteiger partial charge on any atom is -0.486 e. The van der Waals surface area contributed by atoms with E-state index < -0.39 is 36.0 Å². The Kier molecular flexibility index (Phi) is 5.72. The molecule has 1 saturated heterocycles. The van der Waals surface area contributed by atoms with Gasteiger partial charge in [-0.25, -0.2) is 18.8 Å². The number of rotatable bonds is 4. The second-order valence-corrected chi connectivity index (χ2v) is 8.51. The zero-order valence-electron chi connectivity index (χ0n) is 18.4. The first-order valence-corrected chi connectivity index (χ1v) is 11.0. The van der Waals surface area contributed by atoms with Crippen molar-refractivity contribution in [3.63, 3.8) is 0 Å². The Morgan fingerprint density at radius 3 is 2.85 bits per heavy atom. The minimum absolute atomic E-state index is 0.0395. The second-order valence-electron chi connectivity index (χ2n) is 8.51. The lowest BCUT2D eigenvalue weighted by molar-refractivity contribution is -0.109. The van der Waals surface area contributed by atoms with Crippen molar-refractivity contribution in [1.29, 1.82) is 0 Å². The summed E-state index contributed by atoms with van der Waals surface area (Å²) in [6.07, 6.45) is 1.28. The molecule has 0 bridgehead atoms. The molecule has 0 radical (unpaired) electrons. The van der Waals surface area contributed by atoms with Crippen LogP contribution in [0.4, 0.5) is 14.5 Å². The molecule has 1 aromatic carbocycles. The molecule has 0 aliphatic carbocycles. The maximum absolute atomic E-state index is 15.1. The molecule has 1 fully saturated rings. The molecular weight excluding hydrogens is 450 g/mol. The molecule has 9 nitrogen and oxygen atoms in total. The number of pyridine rings is 1. The van der Waals surface area contributed by atoms with Gasteiger partial charge < -0.3 is 30.0 Å². The molecule has 0 spiro atoms. The van der Waals surface area contributed by atoms with Crippen LogP contribution in [0.15, 0.2) is 35.5 Å². The summed E-state index contributed by atoms with van der Waals surface area (Å²) in [7, 11) is 0. The zero-order chi connectivity index (χ0) is 23.9. The molecule has 0 saturated carbocycles. The Morgan fingerprint density at radius 2 is 2.06 bits per heavy atom. The number of halogens is 2. The maximum Gasteiger partial charge on any atom is 0.283 e. The number of aliphatic imine (C=N–C) groups is 1. The summed E-state index contributed by atoms with van der Waals surface area (Å²) in [4.78, 5) is 21.1. The smallest absolute Gasteiger partial charge is 0.283 e. The van der Waals surface area contributed by atoms with Gasteiger partial charge in [-0.05, 0) is 25.1 Å². The molecule has 3 aliphatic rings. The number of ether oxygens (including phenoxy) is 4. The highest BCUT2D eigenvalue weighted by atomic mass is 19.1. The summed E-state index contributed by atoms with van der Waals surface area (Å²) in [5, 5.41) is 2.67. The van der Waals surface area contributed by atoms with Gasteiger partial charge in [0, 0.05) is 23.7 Å². The van der Waals surface area contributed by atoms with Crippen LogP contribution in [0.25, 0.3) is 0 Å². The molecule has 0 unspecified atom stereocenters. The van der Waals surface area contributed by atoms with Gasteiger partial charge in [0.05, 0.1) is 24.8 Å². The Labute approximate surface area is 194 Å². The number of nitrogens with one attached hydrogen (secondary N) is 1. The number of anilines is 1. The first-order valence-electron chi connectivity index (χ1n) is 11.0. The fourth-order valence-corrected chi connectivity index (χ4v) is 4.64. The van der Waals surface area contributed by atoms with E-state index in [1.165, 1.54) is 24.4 Å². The normalized spacial score (nSPS) is 27.7. The first kappa shape index (κ1) is 22.3. The van der Waals surface area contributed by atoms with Crippen molar-refractivity contribution in [3.05, 3.63) is 47.5 Å². The highest BCUT2D eigenvalue weighted by Gasteiger charge is 2.52. The quantitative estimate of drug-likeness (QED) is 0.699. The van der Waals surface area contributed by atoms with Crippen molar-refractivity contribution in [3.8, 4) is 11.5 Å². The summed E-state index contributed by atoms with van der Waals surface area (Å²) in [5.41, 5.74) is 4.51. The van der Waals surface area contributed by atoms with Crippen LogP contribution < -0.4 is 20.5 Å².